The van der Waals surface area contributed by atoms with Crippen LogP contribution in [-0.2, 0) is 11.3 Å². The Morgan fingerprint density at radius 2 is 2.40 bits per heavy atom. The van der Waals surface area contributed by atoms with Gasteiger partial charge in [0.2, 0.25) is 0 Å². The number of hydrogen-bond donors (Lipinski definition) is 1. The minimum atomic E-state index is 0.255. The van der Waals surface area contributed by atoms with Crippen molar-refractivity contribution < 1.29 is 9.15 Å². The van der Waals surface area contributed by atoms with Crippen molar-refractivity contribution in [2.24, 2.45) is 5.73 Å². The minimum Gasteiger partial charge on any atom is -0.468 e. The van der Waals surface area contributed by atoms with E-state index < -0.39 is 0 Å². The summed E-state index contributed by atoms with van der Waals surface area (Å²) in [7, 11) is 1.70. The van der Waals surface area contributed by atoms with Gasteiger partial charge in [0.15, 0.2) is 0 Å². The van der Waals surface area contributed by atoms with Gasteiger partial charge in [0.25, 0.3) is 0 Å². The Kier molecular flexibility index (Phi) is 5.39. The van der Waals surface area contributed by atoms with Crippen LogP contribution in [0.2, 0.25) is 0 Å². The van der Waals surface area contributed by atoms with Crippen LogP contribution >= 0.6 is 0 Å². The van der Waals surface area contributed by atoms with E-state index >= 15 is 0 Å². The van der Waals surface area contributed by atoms with Crippen molar-refractivity contribution in [2.75, 3.05) is 26.8 Å². The largest absolute Gasteiger partial charge is 0.468 e. The van der Waals surface area contributed by atoms with Crippen LogP contribution in [0.3, 0.4) is 0 Å². The fourth-order valence-electron chi connectivity index (χ4n) is 1.62. The van der Waals surface area contributed by atoms with Crippen molar-refractivity contribution in [3.63, 3.8) is 0 Å². The molecule has 1 heterocycles. The molecule has 1 rings (SSSR count). The molecule has 2 N–H and O–H groups in total. The third-order valence-corrected chi connectivity index (χ3v) is 2.49. The fourth-order valence-corrected chi connectivity index (χ4v) is 1.62. The lowest BCUT2D eigenvalue weighted by Gasteiger charge is -2.28. The van der Waals surface area contributed by atoms with Crippen LogP contribution in [-0.4, -0.2) is 37.7 Å². The molecular formula is C11H20N2O2. The molecule has 0 spiro atoms. The number of furan rings is 1. The molecular weight excluding hydrogens is 192 g/mol. The van der Waals surface area contributed by atoms with Crippen LogP contribution in [0.5, 0.6) is 0 Å². The fraction of sp³-hybridized carbons (Fsp3) is 0.636. The Balaban J connectivity index is 2.53. The zero-order valence-corrected chi connectivity index (χ0v) is 9.48. The van der Waals surface area contributed by atoms with Gasteiger partial charge in [-0.2, -0.15) is 0 Å². The van der Waals surface area contributed by atoms with Gasteiger partial charge in [-0.05, 0) is 18.7 Å². The second-order valence-electron chi connectivity index (χ2n) is 3.49. The second kappa shape index (κ2) is 6.61. The Hall–Kier alpha value is -0.840. The molecule has 4 heteroatoms. The summed E-state index contributed by atoms with van der Waals surface area (Å²) in [6, 6.07) is 4.13. The lowest BCUT2D eigenvalue weighted by atomic mass is 10.2. The number of nitrogens with two attached hydrogens (primary N) is 1. The molecule has 0 aliphatic heterocycles. The normalized spacial score (nSPS) is 13.3. The van der Waals surface area contributed by atoms with Gasteiger partial charge in [-0.1, -0.05) is 6.92 Å². The zero-order valence-electron chi connectivity index (χ0n) is 9.48. The lowest BCUT2D eigenvalue weighted by molar-refractivity contribution is 0.0883. The molecule has 0 bridgehead atoms. The number of likely N-dealkylation sites (N-methyl/N-ethyl adjacent to an activating group) is 1. The molecule has 0 saturated heterocycles. The smallest absolute Gasteiger partial charge is 0.117 e. The molecule has 0 aromatic carbocycles. The Morgan fingerprint density at radius 3 is 2.87 bits per heavy atom. The maximum Gasteiger partial charge on any atom is 0.117 e. The molecule has 1 unspecified atom stereocenters. The predicted molar refractivity (Wildman–Crippen MR) is 59.5 cm³/mol. The monoisotopic (exact) mass is 212 g/mol. The highest BCUT2D eigenvalue weighted by Crippen LogP contribution is 2.08. The molecule has 1 atom stereocenters. The van der Waals surface area contributed by atoms with E-state index in [1.54, 1.807) is 13.4 Å². The molecule has 0 radical (unpaired) electrons. The number of rotatable bonds is 7. The maximum atomic E-state index is 5.71. The van der Waals surface area contributed by atoms with Gasteiger partial charge in [-0.25, -0.2) is 0 Å². The molecule has 0 aliphatic carbocycles. The number of ether oxygens (including phenoxy) is 1. The van der Waals surface area contributed by atoms with Crippen LogP contribution in [0.1, 0.15) is 12.7 Å². The molecule has 1 aromatic rings. The van der Waals surface area contributed by atoms with Crippen molar-refractivity contribution in [2.45, 2.75) is 19.5 Å². The minimum absolute atomic E-state index is 0.255. The quantitative estimate of drug-likeness (QED) is 0.734. The molecule has 15 heavy (non-hydrogen) atoms. The van der Waals surface area contributed by atoms with E-state index in [4.69, 9.17) is 14.9 Å². The summed E-state index contributed by atoms with van der Waals surface area (Å²) in [5, 5.41) is 0. The van der Waals surface area contributed by atoms with Gasteiger partial charge in [0.1, 0.15) is 5.76 Å². The highest BCUT2D eigenvalue weighted by Gasteiger charge is 2.16. The van der Waals surface area contributed by atoms with Gasteiger partial charge >= 0.3 is 0 Å². The van der Waals surface area contributed by atoms with Crippen molar-refractivity contribution in [1.82, 2.24) is 4.90 Å². The summed E-state index contributed by atoms with van der Waals surface area (Å²) >= 11 is 0. The number of methoxy groups -OCH3 is 1. The summed E-state index contributed by atoms with van der Waals surface area (Å²) in [6.07, 6.45) is 1.69. The first-order valence-corrected chi connectivity index (χ1v) is 5.27. The highest BCUT2D eigenvalue weighted by molar-refractivity contribution is 4.98. The molecule has 0 fully saturated rings. The van der Waals surface area contributed by atoms with Crippen LogP contribution in [0, 0.1) is 0 Å². The topological polar surface area (TPSA) is 51.6 Å². The summed E-state index contributed by atoms with van der Waals surface area (Å²) < 4.78 is 10.5. The third-order valence-electron chi connectivity index (χ3n) is 2.49. The standard InChI is InChI=1S/C11H20N2O2/c1-3-13(10(7-12)9-14-2)8-11-5-4-6-15-11/h4-6,10H,3,7-9,12H2,1-2H3. The van der Waals surface area contributed by atoms with Gasteiger partial charge < -0.3 is 14.9 Å². The van der Waals surface area contributed by atoms with E-state index in [0.717, 1.165) is 18.8 Å². The molecule has 4 nitrogen and oxygen atoms in total. The lowest BCUT2D eigenvalue weighted by Crippen LogP contribution is -2.43. The van der Waals surface area contributed by atoms with Crippen LogP contribution in [0.25, 0.3) is 0 Å². The zero-order chi connectivity index (χ0) is 11.1. The third kappa shape index (κ3) is 3.66. The molecule has 1 aromatic heterocycles. The summed E-state index contributed by atoms with van der Waals surface area (Å²) in [6.45, 7) is 5.09. The van der Waals surface area contributed by atoms with Crippen molar-refractivity contribution in [3.8, 4) is 0 Å². The Bertz CT molecular complexity index is 249. The van der Waals surface area contributed by atoms with Crippen LogP contribution in [0.4, 0.5) is 0 Å². The first-order chi connectivity index (χ1) is 7.31. The van der Waals surface area contributed by atoms with E-state index in [1.165, 1.54) is 0 Å². The SMILES string of the molecule is CCN(Cc1ccco1)C(CN)COC. The Labute approximate surface area is 91.0 Å². The van der Waals surface area contributed by atoms with Crippen molar-refractivity contribution in [1.29, 1.82) is 0 Å². The van der Waals surface area contributed by atoms with Crippen molar-refractivity contribution >= 4 is 0 Å². The van der Waals surface area contributed by atoms with Gasteiger partial charge in [-0.3, -0.25) is 4.90 Å². The number of hydrogen-bond acceptors (Lipinski definition) is 4. The summed E-state index contributed by atoms with van der Waals surface area (Å²) in [4.78, 5) is 2.25. The van der Waals surface area contributed by atoms with E-state index in [0.29, 0.717) is 13.2 Å². The predicted octanol–water partition coefficient (Wildman–Crippen LogP) is 1.08. The number of nitrogens with zero attached hydrogens (tertiary/aromatic N) is 1. The van der Waals surface area contributed by atoms with Crippen LogP contribution in [0.15, 0.2) is 22.8 Å². The molecule has 0 aliphatic rings. The Morgan fingerprint density at radius 1 is 1.60 bits per heavy atom. The van der Waals surface area contributed by atoms with Gasteiger partial charge in [0.05, 0.1) is 19.4 Å². The van der Waals surface area contributed by atoms with Crippen LogP contribution < -0.4 is 5.73 Å². The molecule has 0 amide bonds. The highest BCUT2D eigenvalue weighted by atomic mass is 16.5. The van der Waals surface area contributed by atoms with E-state index in [-0.39, 0.29) is 6.04 Å². The van der Waals surface area contributed by atoms with E-state index in [2.05, 4.69) is 11.8 Å². The first kappa shape index (κ1) is 12.2. The average molecular weight is 212 g/mol. The van der Waals surface area contributed by atoms with Gasteiger partial charge in [-0.15, -0.1) is 0 Å². The molecule has 86 valence electrons. The van der Waals surface area contributed by atoms with Gasteiger partial charge in [0, 0.05) is 19.7 Å². The summed E-state index contributed by atoms with van der Waals surface area (Å²) in [5.41, 5.74) is 5.71. The van der Waals surface area contributed by atoms with E-state index in [1.807, 2.05) is 12.1 Å². The molecule has 0 saturated carbocycles. The maximum absolute atomic E-state index is 5.71. The second-order valence-corrected chi connectivity index (χ2v) is 3.49. The summed E-state index contributed by atoms with van der Waals surface area (Å²) in [5.74, 6) is 0.964. The first-order valence-electron chi connectivity index (χ1n) is 5.27. The van der Waals surface area contributed by atoms with Crippen molar-refractivity contribution in [3.05, 3.63) is 24.2 Å². The van der Waals surface area contributed by atoms with E-state index in [9.17, 15) is 0 Å². The average Bonchev–Trinajstić information content (AvgIpc) is 2.75.